The number of benzene rings is 2. The van der Waals surface area contributed by atoms with E-state index in [1.54, 1.807) is 19.2 Å². The third-order valence-electron chi connectivity index (χ3n) is 3.85. The summed E-state index contributed by atoms with van der Waals surface area (Å²) in [4.78, 5) is 10.3. The van der Waals surface area contributed by atoms with Gasteiger partial charge in [0.25, 0.3) is 16.8 Å². The molecule has 10 nitrogen and oxygen atoms in total. The normalized spacial score (nSPS) is 10.8. The van der Waals surface area contributed by atoms with Crippen LogP contribution in [0.1, 0.15) is 5.89 Å². The molecule has 0 N–H and O–H groups in total. The molecule has 2 heterocycles. The van der Waals surface area contributed by atoms with E-state index in [0.29, 0.717) is 39.6 Å². The number of thioether (sulfide) groups is 1. The third-order valence-corrected chi connectivity index (χ3v) is 4.66. The predicted octanol–water partition coefficient (Wildman–Crippen LogP) is 4.00. The fraction of sp³-hybridized carbons (Fsp3) is 0.111. The van der Waals surface area contributed by atoms with Crippen LogP contribution >= 0.6 is 11.8 Å². The van der Waals surface area contributed by atoms with Gasteiger partial charge in [-0.1, -0.05) is 23.9 Å². The van der Waals surface area contributed by atoms with Crippen molar-refractivity contribution in [3.05, 3.63) is 64.5 Å². The molecular formula is C18H13N5O5S. The quantitative estimate of drug-likeness (QED) is 0.250. The molecule has 0 aliphatic carbocycles. The van der Waals surface area contributed by atoms with Gasteiger partial charge in [-0.2, -0.15) is 0 Å². The highest BCUT2D eigenvalue weighted by Gasteiger charge is 2.15. The van der Waals surface area contributed by atoms with Crippen molar-refractivity contribution >= 4 is 17.4 Å². The molecule has 0 aliphatic rings. The number of aromatic nitrogens is 4. The number of hydrogen-bond acceptors (Lipinski definition) is 10. The first-order valence-electron chi connectivity index (χ1n) is 8.31. The number of ether oxygens (including phenoxy) is 1. The lowest BCUT2D eigenvalue weighted by Crippen LogP contribution is -1.87. The van der Waals surface area contributed by atoms with Crippen LogP contribution in [-0.4, -0.2) is 32.4 Å². The van der Waals surface area contributed by atoms with Gasteiger partial charge in [-0.25, -0.2) is 0 Å². The average molecular weight is 411 g/mol. The van der Waals surface area contributed by atoms with Crippen LogP contribution in [0.25, 0.3) is 22.9 Å². The minimum Gasteiger partial charge on any atom is -0.496 e. The maximum Gasteiger partial charge on any atom is 0.277 e. The van der Waals surface area contributed by atoms with Crippen molar-refractivity contribution in [3.8, 4) is 28.7 Å². The maximum absolute atomic E-state index is 10.7. The van der Waals surface area contributed by atoms with Crippen LogP contribution in [0, 0.1) is 10.1 Å². The average Bonchev–Trinajstić information content (AvgIpc) is 3.42. The first-order valence-corrected chi connectivity index (χ1v) is 9.29. The summed E-state index contributed by atoms with van der Waals surface area (Å²) in [5.41, 5.74) is 1.29. The molecule has 2 aromatic carbocycles. The number of rotatable bonds is 7. The zero-order valence-corrected chi connectivity index (χ0v) is 15.8. The number of nitro groups is 1. The number of nitrogens with zero attached hydrogens (tertiary/aromatic N) is 5. The number of nitro benzene ring substituents is 1. The first-order chi connectivity index (χ1) is 14.1. The molecule has 146 valence electrons. The van der Waals surface area contributed by atoms with Gasteiger partial charge in [0.05, 0.1) is 23.3 Å². The molecule has 11 heteroatoms. The predicted molar refractivity (Wildman–Crippen MR) is 102 cm³/mol. The molecule has 0 unspecified atom stereocenters. The largest absolute Gasteiger partial charge is 0.496 e. The minimum absolute atomic E-state index is 0.00807. The van der Waals surface area contributed by atoms with E-state index in [0.717, 1.165) is 0 Å². The van der Waals surface area contributed by atoms with E-state index in [-0.39, 0.29) is 11.6 Å². The van der Waals surface area contributed by atoms with Crippen LogP contribution in [0.2, 0.25) is 0 Å². The van der Waals surface area contributed by atoms with Crippen molar-refractivity contribution in [2.24, 2.45) is 0 Å². The van der Waals surface area contributed by atoms with Crippen molar-refractivity contribution < 1.29 is 18.5 Å². The van der Waals surface area contributed by atoms with Crippen molar-refractivity contribution in [3.63, 3.8) is 0 Å². The Bertz CT molecular complexity index is 1140. The SMILES string of the molecule is COc1ccccc1-c1nnc(SCc2nnc(-c3ccc([N+](=O)[O-])cc3)o2)o1. The molecule has 0 spiro atoms. The number of methoxy groups -OCH3 is 1. The summed E-state index contributed by atoms with van der Waals surface area (Å²) in [6, 6.07) is 13.2. The fourth-order valence-electron chi connectivity index (χ4n) is 2.48. The van der Waals surface area contributed by atoms with E-state index >= 15 is 0 Å². The lowest BCUT2D eigenvalue weighted by molar-refractivity contribution is -0.384. The van der Waals surface area contributed by atoms with Gasteiger partial charge in [0.2, 0.25) is 11.8 Å². The molecule has 0 radical (unpaired) electrons. The number of para-hydroxylation sites is 1. The highest BCUT2D eigenvalue weighted by molar-refractivity contribution is 7.98. The standard InChI is InChI=1S/C18H13N5O5S/c1-26-14-5-3-2-4-13(14)17-21-22-18(28-17)29-10-15-19-20-16(27-15)11-6-8-12(9-7-11)23(24)25/h2-9H,10H2,1H3. The molecule has 0 amide bonds. The summed E-state index contributed by atoms with van der Waals surface area (Å²) < 4.78 is 16.6. The van der Waals surface area contributed by atoms with Crippen molar-refractivity contribution in [1.29, 1.82) is 0 Å². The molecule has 0 bridgehead atoms. The number of non-ortho nitro benzene ring substituents is 1. The summed E-state index contributed by atoms with van der Waals surface area (Å²) in [7, 11) is 1.57. The molecule has 0 fully saturated rings. The molecule has 2 aromatic heterocycles. The van der Waals surface area contributed by atoms with Crippen LogP contribution < -0.4 is 4.74 Å². The molecule has 29 heavy (non-hydrogen) atoms. The summed E-state index contributed by atoms with van der Waals surface area (Å²) in [5, 5.41) is 27.1. The summed E-state index contributed by atoms with van der Waals surface area (Å²) in [6.45, 7) is 0. The Hall–Kier alpha value is -3.73. The van der Waals surface area contributed by atoms with Crippen molar-refractivity contribution in [2.75, 3.05) is 7.11 Å². The second kappa shape index (κ2) is 8.10. The Balaban J connectivity index is 1.43. The highest BCUT2D eigenvalue weighted by Crippen LogP contribution is 2.31. The second-order valence-corrected chi connectivity index (χ2v) is 6.59. The van der Waals surface area contributed by atoms with Gasteiger partial charge in [0.1, 0.15) is 5.75 Å². The van der Waals surface area contributed by atoms with E-state index in [9.17, 15) is 10.1 Å². The minimum atomic E-state index is -0.469. The van der Waals surface area contributed by atoms with E-state index in [1.165, 1.54) is 23.9 Å². The van der Waals surface area contributed by atoms with Crippen LogP contribution in [0.4, 0.5) is 5.69 Å². The fourth-order valence-corrected chi connectivity index (χ4v) is 3.08. The van der Waals surface area contributed by atoms with Crippen molar-refractivity contribution in [1.82, 2.24) is 20.4 Å². The van der Waals surface area contributed by atoms with E-state index in [2.05, 4.69) is 20.4 Å². The van der Waals surface area contributed by atoms with Crippen LogP contribution in [0.3, 0.4) is 0 Å². The Morgan fingerprint density at radius 3 is 2.52 bits per heavy atom. The molecule has 0 saturated carbocycles. The zero-order valence-electron chi connectivity index (χ0n) is 15.0. The van der Waals surface area contributed by atoms with Gasteiger partial charge in [0.15, 0.2) is 0 Å². The third kappa shape index (κ3) is 4.09. The zero-order chi connectivity index (χ0) is 20.2. The monoisotopic (exact) mass is 411 g/mol. The molecular weight excluding hydrogens is 398 g/mol. The summed E-state index contributed by atoms with van der Waals surface area (Å²) in [6.07, 6.45) is 0. The van der Waals surface area contributed by atoms with Crippen LogP contribution in [0.15, 0.2) is 62.6 Å². The van der Waals surface area contributed by atoms with Gasteiger partial charge in [-0.05, 0) is 24.3 Å². The lowest BCUT2D eigenvalue weighted by Gasteiger charge is -2.03. The van der Waals surface area contributed by atoms with Gasteiger partial charge < -0.3 is 13.6 Å². The van der Waals surface area contributed by atoms with E-state index < -0.39 is 4.92 Å². The van der Waals surface area contributed by atoms with Crippen LogP contribution in [0.5, 0.6) is 5.75 Å². The van der Waals surface area contributed by atoms with Gasteiger partial charge in [0, 0.05) is 17.7 Å². The van der Waals surface area contributed by atoms with Gasteiger partial charge >= 0.3 is 0 Å². The Labute approximate surface area is 168 Å². The van der Waals surface area contributed by atoms with E-state index in [1.807, 2.05) is 24.3 Å². The molecule has 4 rings (SSSR count). The van der Waals surface area contributed by atoms with Crippen molar-refractivity contribution in [2.45, 2.75) is 11.0 Å². The molecule has 0 saturated heterocycles. The first kappa shape index (κ1) is 18.6. The summed E-state index contributed by atoms with van der Waals surface area (Å²) in [5.74, 6) is 1.95. The molecule has 4 aromatic rings. The second-order valence-electron chi connectivity index (χ2n) is 5.67. The highest BCUT2D eigenvalue weighted by atomic mass is 32.2. The molecule has 0 aliphatic heterocycles. The molecule has 0 atom stereocenters. The Morgan fingerprint density at radius 2 is 1.76 bits per heavy atom. The Morgan fingerprint density at radius 1 is 1.00 bits per heavy atom. The van der Waals surface area contributed by atoms with E-state index in [4.69, 9.17) is 13.6 Å². The lowest BCUT2D eigenvalue weighted by atomic mass is 10.2. The smallest absolute Gasteiger partial charge is 0.277 e. The number of hydrogen-bond donors (Lipinski definition) is 0. The van der Waals surface area contributed by atoms with Crippen LogP contribution in [-0.2, 0) is 5.75 Å². The topological polar surface area (TPSA) is 130 Å². The van der Waals surface area contributed by atoms with Gasteiger partial charge in [-0.15, -0.1) is 20.4 Å². The maximum atomic E-state index is 10.7. The van der Waals surface area contributed by atoms with Gasteiger partial charge in [-0.3, -0.25) is 10.1 Å². The Kier molecular flexibility index (Phi) is 5.20. The summed E-state index contributed by atoms with van der Waals surface area (Å²) >= 11 is 1.25.